The van der Waals surface area contributed by atoms with Crippen LogP contribution in [-0.4, -0.2) is 18.2 Å². The second-order valence-corrected chi connectivity index (χ2v) is 5.64. The van der Waals surface area contributed by atoms with E-state index in [4.69, 9.17) is 9.84 Å². The summed E-state index contributed by atoms with van der Waals surface area (Å²) >= 11 is 0. The highest BCUT2D eigenvalue weighted by molar-refractivity contribution is 5.67. The van der Waals surface area contributed by atoms with Gasteiger partial charge in [-0.15, -0.1) is 0 Å². The lowest BCUT2D eigenvalue weighted by Crippen LogP contribution is -2.14. The van der Waals surface area contributed by atoms with Gasteiger partial charge in [-0.05, 0) is 29.9 Å². The van der Waals surface area contributed by atoms with E-state index >= 15 is 0 Å². The molecule has 0 aliphatic rings. The number of hydrogen-bond donors (Lipinski definition) is 1. The summed E-state index contributed by atoms with van der Waals surface area (Å²) in [5, 5.41) is 8.75. The van der Waals surface area contributed by atoms with Crippen LogP contribution in [0.2, 0.25) is 0 Å². The summed E-state index contributed by atoms with van der Waals surface area (Å²) in [5.74, 6) is 0.141. The molecule has 1 N–H and O–H groups in total. The first-order valence-corrected chi connectivity index (χ1v) is 6.15. The number of carboxylic acids is 1. The zero-order chi connectivity index (χ0) is 13.9. The molecule has 0 saturated heterocycles. The minimum Gasteiger partial charge on any atom is -0.496 e. The van der Waals surface area contributed by atoms with Crippen LogP contribution in [0.3, 0.4) is 0 Å². The van der Waals surface area contributed by atoms with Crippen LogP contribution in [0, 0.1) is 6.92 Å². The predicted molar refractivity (Wildman–Crippen MR) is 72.4 cm³/mol. The lowest BCUT2D eigenvalue weighted by molar-refractivity contribution is -0.136. The molecule has 0 amide bonds. The maximum Gasteiger partial charge on any atom is 0.303 e. The molecular weight excluding hydrogens is 228 g/mol. The molecule has 0 fully saturated rings. The standard InChI is InChI=1S/C15H22O3/c1-10-8-11(6-7-13(16)17)9-12(14(10)18-5)15(2,3)4/h8-9H,6-7H2,1-5H3,(H,16,17). The maximum atomic E-state index is 10.6. The SMILES string of the molecule is COc1c(C)cc(CCC(=O)O)cc1C(C)(C)C. The topological polar surface area (TPSA) is 46.5 Å². The van der Waals surface area contributed by atoms with Gasteiger partial charge in [0.1, 0.15) is 5.75 Å². The first-order valence-electron chi connectivity index (χ1n) is 6.15. The van der Waals surface area contributed by atoms with Crippen LogP contribution in [-0.2, 0) is 16.6 Å². The Hall–Kier alpha value is -1.51. The smallest absolute Gasteiger partial charge is 0.303 e. The number of aryl methyl sites for hydroxylation is 2. The number of carboxylic acid groups (broad SMARTS) is 1. The van der Waals surface area contributed by atoms with Crippen molar-refractivity contribution in [3.8, 4) is 5.75 Å². The van der Waals surface area contributed by atoms with E-state index < -0.39 is 5.97 Å². The van der Waals surface area contributed by atoms with Crippen molar-refractivity contribution in [2.75, 3.05) is 7.11 Å². The van der Waals surface area contributed by atoms with E-state index in [0.717, 1.165) is 22.4 Å². The molecule has 3 nitrogen and oxygen atoms in total. The van der Waals surface area contributed by atoms with Gasteiger partial charge in [-0.3, -0.25) is 4.79 Å². The fraction of sp³-hybridized carbons (Fsp3) is 0.533. The lowest BCUT2D eigenvalue weighted by atomic mass is 9.83. The fourth-order valence-electron chi connectivity index (χ4n) is 2.07. The molecule has 0 bridgehead atoms. The molecule has 100 valence electrons. The first-order chi connectivity index (χ1) is 8.25. The molecule has 0 spiro atoms. The monoisotopic (exact) mass is 250 g/mol. The van der Waals surface area contributed by atoms with Gasteiger partial charge in [-0.2, -0.15) is 0 Å². The molecule has 1 aromatic rings. The van der Waals surface area contributed by atoms with Crippen molar-refractivity contribution >= 4 is 5.97 Å². The van der Waals surface area contributed by atoms with Gasteiger partial charge in [0.15, 0.2) is 0 Å². The van der Waals surface area contributed by atoms with Crippen LogP contribution in [0.4, 0.5) is 0 Å². The van der Waals surface area contributed by atoms with E-state index in [1.54, 1.807) is 7.11 Å². The molecule has 0 saturated carbocycles. The van der Waals surface area contributed by atoms with Gasteiger partial charge in [0, 0.05) is 12.0 Å². The molecule has 0 atom stereocenters. The van der Waals surface area contributed by atoms with Crippen LogP contribution in [0.25, 0.3) is 0 Å². The highest BCUT2D eigenvalue weighted by atomic mass is 16.5. The van der Waals surface area contributed by atoms with E-state index in [-0.39, 0.29) is 11.8 Å². The Balaban J connectivity index is 3.18. The number of benzene rings is 1. The Bertz CT molecular complexity index is 442. The Morgan fingerprint density at radius 1 is 1.33 bits per heavy atom. The van der Waals surface area contributed by atoms with Crippen molar-refractivity contribution in [3.63, 3.8) is 0 Å². The lowest BCUT2D eigenvalue weighted by Gasteiger charge is -2.24. The summed E-state index contributed by atoms with van der Waals surface area (Å²) in [6.07, 6.45) is 0.721. The minimum atomic E-state index is -0.763. The quantitative estimate of drug-likeness (QED) is 0.891. The molecule has 18 heavy (non-hydrogen) atoms. The van der Waals surface area contributed by atoms with E-state index in [0.29, 0.717) is 6.42 Å². The van der Waals surface area contributed by atoms with Crippen LogP contribution in [0.5, 0.6) is 5.75 Å². The zero-order valence-corrected chi connectivity index (χ0v) is 11.8. The molecule has 0 heterocycles. The molecule has 0 unspecified atom stereocenters. The number of carbonyl (C=O) groups is 1. The second kappa shape index (κ2) is 5.42. The highest BCUT2D eigenvalue weighted by Gasteiger charge is 2.21. The van der Waals surface area contributed by atoms with Gasteiger partial charge in [-0.1, -0.05) is 32.9 Å². The number of methoxy groups -OCH3 is 1. The average molecular weight is 250 g/mol. The van der Waals surface area contributed by atoms with Gasteiger partial charge < -0.3 is 9.84 Å². The number of aliphatic carboxylic acids is 1. The van der Waals surface area contributed by atoms with Crippen molar-refractivity contribution in [1.29, 1.82) is 0 Å². The molecule has 1 rings (SSSR count). The van der Waals surface area contributed by atoms with Crippen LogP contribution < -0.4 is 4.74 Å². The summed E-state index contributed by atoms with van der Waals surface area (Å²) < 4.78 is 5.47. The van der Waals surface area contributed by atoms with E-state index in [2.05, 4.69) is 26.8 Å². The van der Waals surface area contributed by atoms with Crippen molar-refractivity contribution < 1.29 is 14.6 Å². The van der Waals surface area contributed by atoms with Crippen molar-refractivity contribution in [2.45, 2.75) is 46.0 Å². The molecule has 0 aliphatic carbocycles. The van der Waals surface area contributed by atoms with Gasteiger partial charge >= 0.3 is 5.97 Å². The Kier molecular flexibility index (Phi) is 4.38. The summed E-state index contributed by atoms with van der Waals surface area (Å²) in [7, 11) is 1.68. The maximum absolute atomic E-state index is 10.6. The van der Waals surface area contributed by atoms with Gasteiger partial charge in [0.25, 0.3) is 0 Å². The highest BCUT2D eigenvalue weighted by Crippen LogP contribution is 2.35. The summed E-state index contributed by atoms with van der Waals surface area (Å²) in [6, 6.07) is 4.08. The summed E-state index contributed by atoms with van der Waals surface area (Å²) in [6.45, 7) is 8.39. The average Bonchev–Trinajstić information content (AvgIpc) is 2.24. The number of rotatable bonds is 4. The Morgan fingerprint density at radius 2 is 1.94 bits per heavy atom. The molecule has 0 aliphatic heterocycles. The fourth-order valence-corrected chi connectivity index (χ4v) is 2.07. The minimum absolute atomic E-state index is 0.0185. The van der Waals surface area contributed by atoms with E-state index in [1.807, 2.05) is 13.0 Å². The predicted octanol–water partition coefficient (Wildman–Crippen LogP) is 3.32. The number of ether oxygens (including phenoxy) is 1. The van der Waals surface area contributed by atoms with Crippen molar-refractivity contribution in [1.82, 2.24) is 0 Å². The molecule has 0 aromatic heterocycles. The summed E-state index contributed by atoms with van der Waals surface area (Å²) in [4.78, 5) is 10.6. The van der Waals surface area contributed by atoms with Crippen LogP contribution in [0.1, 0.15) is 43.9 Å². The third-order valence-corrected chi connectivity index (χ3v) is 2.97. The molecule has 1 aromatic carbocycles. The van der Waals surface area contributed by atoms with Crippen molar-refractivity contribution in [2.24, 2.45) is 0 Å². The third kappa shape index (κ3) is 3.49. The molecule has 0 radical (unpaired) electrons. The van der Waals surface area contributed by atoms with Gasteiger partial charge in [-0.25, -0.2) is 0 Å². The second-order valence-electron chi connectivity index (χ2n) is 5.64. The first kappa shape index (κ1) is 14.6. The number of hydrogen-bond acceptors (Lipinski definition) is 2. The Morgan fingerprint density at radius 3 is 2.39 bits per heavy atom. The van der Waals surface area contributed by atoms with E-state index in [9.17, 15) is 4.79 Å². The van der Waals surface area contributed by atoms with Crippen molar-refractivity contribution in [3.05, 3.63) is 28.8 Å². The van der Waals surface area contributed by atoms with Crippen LogP contribution >= 0.6 is 0 Å². The van der Waals surface area contributed by atoms with Crippen LogP contribution in [0.15, 0.2) is 12.1 Å². The third-order valence-electron chi connectivity index (χ3n) is 2.97. The zero-order valence-electron chi connectivity index (χ0n) is 11.8. The van der Waals surface area contributed by atoms with E-state index in [1.165, 1.54) is 0 Å². The Labute approximate surface area is 109 Å². The summed E-state index contributed by atoms with van der Waals surface area (Å²) in [5.41, 5.74) is 3.23. The van der Waals surface area contributed by atoms with Gasteiger partial charge in [0.2, 0.25) is 0 Å². The largest absolute Gasteiger partial charge is 0.496 e. The normalized spacial score (nSPS) is 11.4. The van der Waals surface area contributed by atoms with Gasteiger partial charge in [0.05, 0.1) is 7.11 Å². The molecular formula is C15H22O3. The molecule has 3 heteroatoms.